The second-order valence-corrected chi connectivity index (χ2v) is 4.07. The lowest BCUT2D eigenvalue weighted by molar-refractivity contribution is 0.490. The number of nitrogens with zero attached hydrogens (tertiary/aromatic N) is 3. The van der Waals surface area contributed by atoms with E-state index in [2.05, 4.69) is 10.3 Å². The minimum Gasteiger partial charge on any atom is -0.323 e. The molecular weight excluding hydrogens is 238 g/mol. The summed E-state index contributed by atoms with van der Waals surface area (Å²) in [6.07, 6.45) is 2.39. The standard InChI is InChI=1S/C12H14F2N4/c1-2-10(15)11-7-18(17-16-11)6-8-4-3-5-9(13)12(8)14/h3-5,7,10H,2,6,15H2,1H3. The van der Waals surface area contributed by atoms with Gasteiger partial charge in [-0.15, -0.1) is 5.10 Å². The summed E-state index contributed by atoms with van der Waals surface area (Å²) in [7, 11) is 0. The van der Waals surface area contributed by atoms with Crippen LogP contribution in [0.25, 0.3) is 0 Å². The minimum atomic E-state index is -0.863. The summed E-state index contributed by atoms with van der Waals surface area (Å²) in [5.41, 5.74) is 6.69. The lowest BCUT2D eigenvalue weighted by Gasteiger charge is -2.04. The van der Waals surface area contributed by atoms with E-state index >= 15 is 0 Å². The Kier molecular flexibility index (Phi) is 3.66. The summed E-state index contributed by atoms with van der Waals surface area (Å²) < 4.78 is 27.9. The first-order valence-corrected chi connectivity index (χ1v) is 5.70. The molecule has 18 heavy (non-hydrogen) atoms. The zero-order chi connectivity index (χ0) is 13.1. The van der Waals surface area contributed by atoms with Crippen LogP contribution in [0.4, 0.5) is 8.78 Å². The Morgan fingerprint density at radius 3 is 2.89 bits per heavy atom. The van der Waals surface area contributed by atoms with Crippen molar-refractivity contribution in [3.63, 3.8) is 0 Å². The number of hydrogen-bond acceptors (Lipinski definition) is 3. The maximum absolute atomic E-state index is 13.5. The second-order valence-electron chi connectivity index (χ2n) is 4.07. The fraction of sp³-hybridized carbons (Fsp3) is 0.333. The summed E-state index contributed by atoms with van der Waals surface area (Å²) in [4.78, 5) is 0. The first-order chi connectivity index (χ1) is 8.61. The van der Waals surface area contributed by atoms with Crippen molar-refractivity contribution < 1.29 is 8.78 Å². The predicted octanol–water partition coefficient (Wildman–Crippen LogP) is 2.01. The predicted molar refractivity (Wildman–Crippen MR) is 62.7 cm³/mol. The average molecular weight is 252 g/mol. The Bertz CT molecular complexity index is 539. The number of rotatable bonds is 4. The van der Waals surface area contributed by atoms with Gasteiger partial charge >= 0.3 is 0 Å². The molecule has 1 aromatic carbocycles. The molecule has 6 heteroatoms. The molecule has 0 aliphatic heterocycles. The summed E-state index contributed by atoms with van der Waals surface area (Å²) in [5, 5.41) is 7.76. The molecule has 0 saturated heterocycles. The van der Waals surface area contributed by atoms with Gasteiger partial charge in [0.05, 0.1) is 24.5 Å². The zero-order valence-electron chi connectivity index (χ0n) is 9.98. The fourth-order valence-electron chi connectivity index (χ4n) is 1.61. The molecule has 1 atom stereocenters. The van der Waals surface area contributed by atoms with E-state index in [0.717, 1.165) is 12.5 Å². The monoisotopic (exact) mass is 252 g/mol. The van der Waals surface area contributed by atoms with Gasteiger partial charge in [0, 0.05) is 5.56 Å². The number of nitrogens with two attached hydrogens (primary N) is 1. The molecule has 1 heterocycles. The molecule has 0 aliphatic rings. The van der Waals surface area contributed by atoms with Crippen molar-refractivity contribution in [2.24, 2.45) is 5.73 Å². The molecule has 1 unspecified atom stereocenters. The third-order valence-electron chi connectivity index (χ3n) is 2.74. The van der Waals surface area contributed by atoms with Crippen LogP contribution in [0.3, 0.4) is 0 Å². The van der Waals surface area contributed by atoms with E-state index in [1.165, 1.54) is 16.8 Å². The smallest absolute Gasteiger partial charge is 0.163 e. The van der Waals surface area contributed by atoms with Crippen molar-refractivity contribution in [3.8, 4) is 0 Å². The molecule has 2 N–H and O–H groups in total. The average Bonchev–Trinajstić information content (AvgIpc) is 2.82. The molecule has 0 saturated carbocycles. The molecule has 0 aliphatic carbocycles. The Morgan fingerprint density at radius 2 is 2.17 bits per heavy atom. The molecule has 0 radical (unpaired) electrons. The SMILES string of the molecule is CCC(N)c1cn(Cc2cccc(F)c2F)nn1. The first-order valence-electron chi connectivity index (χ1n) is 5.70. The zero-order valence-corrected chi connectivity index (χ0v) is 9.98. The largest absolute Gasteiger partial charge is 0.323 e. The first kappa shape index (κ1) is 12.6. The molecule has 0 bridgehead atoms. The van der Waals surface area contributed by atoms with E-state index in [1.54, 1.807) is 6.20 Å². The third-order valence-corrected chi connectivity index (χ3v) is 2.74. The number of hydrogen-bond donors (Lipinski definition) is 1. The van der Waals surface area contributed by atoms with Gasteiger partial charge in [-0.3, -0.25) is 0 Å². The van der Waals surface area contributed by atoms with E-state index < -0.39 is 11.6 Å². The van der Waals surface area contributed by atoms with Gasteiger partial charge in [-0.05, 0) is 12.5 Å². The van der Waals surface area contributed by atoms with Crippen LogP contribution in [0.2, 0.25) is 0 Å². The van der Waals surface area contributed by atoms with Crippen molar-refractivity contribution in [3.05, 3.63) is 47.3 Å². The van der Waals surface area contributed by atoms with Crippen LogP contribution < -0.4 is 5.73 Å². The van der Waals surface area contributed by atoms with Crippen molar-refractivity contribution >= 4 is 0 Å². The lowest BCUT2D eigenvalue weighted by atomic mass is 10.2. The molecule has 2 aromatic rings. The summed E-state index contributed by atoms with van der Waals surface area (Å²) in [5.74, 6) is -1.72. The van der Waals surface area contributed by atoms with Gasteiger partial charge in [0.25, 0.3) is 0 Å². The molecule has 1 aromatic heterocycles. The van der Waals surface area contributed by atoms with E-state index in [1.807, 2.05) is 6.92 Å². The number of halogens is 2. The van der Waals surface area contributed by atoms with Crippen molar-refractivity contribution in [2.75, 3.05) is 0 Å². The van der Waals surface area contributed by atoms with Gasteiger partial charge in [-0.25, -0.2) is 13.5 Å². The summed E-state index contributed by atoms with van der Waals surface area (Å²) in [6.45, 7) is 2.07. The molecule has 2 rings (SSSR count). The molecule has 96 valence electrons. The molecular formula is C12H14F2N4. The van der Waals surface area contributed by atoms with Crippen molar-refractivity contribution in [2.45, 2.75) is 25.9 Å². The van der Waals surface area contributed by atoms with E-state index in [-0.39, 0.29) is 18.2 Å². The highest BCUT2D eigenvalue weighted by molar-refractivity contribution is 5.19. The summed E-state index contributed by atoms with van der Waals surface area (Å²) >= 11 is 0. The normalized spacial score (nSPS) is 12.7. The van der Waals surface area contributed by atoms with Gasteiger partial charge in [0.2, 0.25) is 0 Å². The van der Waals surface area contributed by atoms with Crippen LogP contribution >= 0.6 is 0 Å². The van der Waals surface area contributed by atoms with E-state index in [9.17, 15) is 8.78 Å². The molecule has 0 fully saturated rings. The van der Waals surface area contributed by atoms with Crippen LogP contribution in [-0.4, -0.2) is 15.0 Å². The Morgan fingerprint density at radius 1 is 1.39 bits per heavy atom. The van der Waals surface area contributed by atoms with Crippen molar-refractivity contribution in [1.29, 1.82) is 0 Å². The highest BCUT2D eigenvalue weighted by atomic mass is 19.2. The fourth-order valence-corrected chi connectivity index (χ4v) is 1.61. The molecule has 0 spiro atoms. The van der Waals surface area contributed by atoms with Gasteiger partial charge in [0.1, 0.15) is 0 Å². The van der Waals surface area contributed by atoms with Crippen LogP contribution in [0.5, 0.6) is 0 Å². The van der Waals surface area contributed by atoms with Crippen LogP contribution in [0, 0.1) is 11.6 Å². The topological polar surface area (TPSA) is 56.7 Å². The number of benzene rings is 1. The van der Waals surface area contributed by atoms with Crippen molar-refractivity contribution in [1.82, 2.24) is 15.0 Å². The Balaban J connectivity index is 2.19. The second kappa shape index (κ2) is 5.22. The molecule has 0 amide bonds. The van der Waals surface area contributed by atoms with Gasteiger partial charge < -0.3 is 5.73 Å². The van der Waals surface area contributed by atoms with Gasteiger partial charge in [0.15, 0.2) is 11.6 Å². The Labute approximate surface area is 103 Å². The van der Waals surface area contributed by atoms with E-state index in [0.29, 0.717) is 5.69 Å². The maximum atomic E-state index is 13.5. The van der Waals surface area contributed by atoms with Crippen LogP contribution in [0.1, 0.15) is 30.6 Å². The summed E-state index contributed by atoms with van der Waals surface area (Å²) in [6, 6.07) is 3.87. The quantitative estimate of drug-likeness (QED) is 0.905. The lowest BCUT2D eigenvalue weighted by Crippen LogP contribution is -2.09. The third kappa shape index (κ3) is 2.53. The Hall–Kier alpha value is -1.82. The van der Waals surface area contributed by atoms with Gasteiger partial charge in [-0.1, -0.05) is 24.3 Å². The van der Waals surface area contributed by atoms with Crippen LogP contribution in [0.15, 0.2) is 24.4 Å². The highest BCUT2D eigenvalue weighted by Gasteiger charge is 2.11. The highest BCUT2D eigenvalue weighted by Crippen LogP contribution is 2.14. The van der Waals surface area contributed by atoms with E-state index in [4.69, 9.17) is 5.73 Å². The molecule has 4 nitrogen and oxygen atoms in total. The van der Waals surface area contributed by atoms with Crippen LogP contribution in [-0.2, 0) is 6.54 Å². The van der Waals surface area contributed by atoms with Gasteiger partial charge in [-0.2, -0.15) is 0 Å². The number of aromatic nitrogens is 3. The maximum Gasteiger partial charge on any atom is 0.163 e. The minimum absolute atomic E-state index is 0.132.